The summed E-state index contributed by atoms with van der Waals surface area (Å²) in [5.41, 5.74) is 0.687. The number of piperidine rings is 1. The van der Waals surface area contributed by atoms with Gasteiger partial charge in [0.15, 0.2) is 0 Å². The number of anilines is 2. The van der Waals surface area contributed by atoms with E-state index in [1.165, 1.54) is 23.2 Å². The van der Waals surface area contributed by atoms with E-state index in [-0.39, 0.29) is 18.1 Å². The Hall–Kier alpha value is -3.62. The summed E-state index contributed by atoms with van der Waals surface area (Å²) < 4.78 is 55.3. The first kappa shape index (κ1) is 24.1. The van der Waals surface area contributed by atoms with Gasteiger partial charge in [0, 0.05) is 24.8 Å². The van der Waals surface area contributed by atoms with Crippen LogP contribution >= 0.6 is 0 Å². The van der Waals surface area contributed by atoms with Crippen LogP contribution in [-0.2, 0) is 19.3 Å². The van der Waals surface area contributed by atoms with E-state index in [0.29, 0.717) is 43.9 Å². The number of alkyl halides is 3. The minimum atomic E-state index is -4.52. The molecular formula is C27H26F4N4O. The maximum atomic E-state index is 14.2. The molecule has 0 bridgehead atoms. The Balaban J connectivity index is 1.43. The Kier molecular flexibility index (Phi) is 6.10. The smallest absolute Gasteiger partial charge is 0.368 e. The molecule has 3 aromatic rings. The second-order valence-corrected chi connectivity index (χ2v) is 9.54. The van der Waals surface area contributed by atoms with Crippen LogP contribution in [0.4, 0.5) is 33.7 Å². The van der Waals surface area contributed by atoms with Crippen molar-refractivity contribution in [2.24, 2.45) is 0 Å². The largest absolute Gasteiger partial charge is 0.416 e. The number of rotatable bonds is 4. The highest BCUT2D eigenvalue weighted by Crippen LogP contribution is 2.40. The third kappa shape index (κ3) is 4.38. The summed E-state index contributed by atoms with van der Waals surface area (Å²) in [7, 11) is 0. The maximum absolute atomic E-state index is 14.2. The average molecular weight is 499 g/mol. The molecule has 0 unspecified atom stereocenters. The molecule has 0 atom stereocenters. The van der Waals surface area contributed by atoms with Crippen molar-refractivity contribution in [3.05, 3.63) is 89.5 Å². The summed E-state index contributed by atoms with van der Waals surface area (Å²) in [6, 6.07) is 15.7. The lowest BCUT2D eigenvalue weighted by Crippen LogP contribution is -2.60. The fourth-order valence-electron chi connectivity index (χ4n) is 5.19. The van der Waals surface area contributed by atoms with Crippen molar-refractivity contribution in [1.82, 2.24) is 9.88 Å². The van der Waals surface area contributed by atoms with E-state index >= 15 is 0 Å². The molecule has 2 amide bonds. The average Bonchev–Trinajstić information content (AvgIpc) is 2.86. The van der Waals surface area contributed by atoms with Crippen LogP contribution in [0.25, 0.3) is 0 Å². The summed E-state index contributed by atoms with van der Waals surface area (Å²) in [6.07, 6.45) is -1.94. The number of aromatic nitrogens is 1. The first-order chi connectivity index (χ1) is 17.2. The van der Waals surface area contributed by atoms with Gasteiger partial charge in [-0.2, -0.15) is 17.6 Å². The molecule has 0 N–H and O–H groups in total. The van der Waals surface area contributed by atoms with Gasteiger partial charge in [-0.3, -0.25) is 4.90 Å². The molecule has 2 aromatic carbocycles. The van der Waals surface area contributed by atoms with E-state index in [1.807, 2.05) is 24.0 Å². The van der Waals surface area contributed by atoms with Crippen molar-refractivity contribution < 1.29 is 22.4 Å². The minimum absolute atomic E-state index is 0.0435. The van der Waals surface area contributed by atoms with Gasteiger partial charge >= 0.3 is 12.2 Å². The number of benzene rings is 2. The molecule has 5 nitrogen and oxygen atoms in total. The Morgan fingerprint density at radius 2 is 1.61 bits per heavy atom. The number of hydrogen-bond donors (Lipinski definition) is 0. The van der Waals surface area contributed by atoms with Gasteiger partial charge in [-0.15, -0.1) is 0 Å². The second-order valence-electron chi connectivity index (χ2n) is 9.54. The molecule has 0 saturated carbocycles. The van der Waals surface area contributed by atoms with E-state index in [2.05, 4.69) is 4.98 Å². The summed E-state index contributed by atoms with van der Waals surface area (Å²) >= 11 is 0. The quantitative estimate of drug-likeness (QED) is 0.316. The Morgan fingerprint density at radius 1 is 0.944 bits per heavy atom. The van der Waals surface area contributed by atoms with Crippen LogP contribution in [0.15, 0.2) is 66.9 Å². The number of hydrogen-bond acceptors (Lipinski definition) is 3. The van der Waals surface area contributed by atoms with Crippen molar-refractivity contribution in [3.63, 3.8) is 0 Å². The topological polar surface area (TPSA) is 39.7 Å². The van der Waals surface area contributed by atoms with Crippen LogP contribution in [-0.4, -0.2) is 34.5 Å². The summed E-state index contributed by atoms with van der Waals surface area (Å²) in [5.74, 6) is -0.529. The SMILES string of the molecule is CC1(N2Cc3ccccc3N(Cc3ccccc3C(F)(F)F)C2=O)CCN(c2cccnc2F)CC1. The monoisotopic (exact) mass is 498 g/mol. The van der Waals surface area contributed by atoms with Gasteiger partial charge in [-0.25, -0.2) is 9.78 Å². The highest BCUT2D eigenvalue weighted by atomic mass is 19.4. The van der Waals surface area contributed by atoms with Crippen LogP contribution in [0.1, 0.15) is 36.5 Å². The van der Waals surface area contributed by atoms with E-state index in [9.17, 15) is 22.4 Å². The molecule has 1 fully saturated rings. The maximum Gasteiger partial charge on any atom is 0.416 e. The van der Waals surface area contributed by atoms with E-state index in [1.54, 1.807) is 35.2 Å². The van der Waals surface area contributed by atoms with Gasteiger partial charge in [0.05, 0.1) is 30.0 Å². The summed E-state index contributed by atoms with van der Waals surface area (Å²) in [6.45, 7) is 3.23. The van der Waals surface area contributed by atoms with Crippen LogP contribution in [0.2, 0.25) is 0 Å². The van der Waals surface area contributed by atoms with Gasteiger partial charge in [0.2, 0.25) is 5.95 Å². The first-order valence-electron chi connectivity index (χ1n) is 11.8. The minimum Gasteiger partial charge on any atom is -0.368 e. The number of urea groups is 1. The molecular weight excluding hydrogens is 472 g/mol. The molecule has 9 heteroatoms. The zero-order valence-corrected chi connectivity index (χ0v) is 19.8. The zero-order valence-electron chi connectivity index (χ0n) is 19.8. The number of fused-ring (bicyclic) bond motifs is 1. The molecule has 1 saturated heterocycles. The lowest BCUT2D eigenvalue weighted by molar-refractivity contribution is -0.138. The normalized spacial score (nSPS) is 17.8. The number of carbonyl (C=O) groups excluding carboxylic acids is 1. The number of amides is 2. The van der Waals surface area contributed by atoms with Crippen molar-refractivity contribution in [2.45, 2.75) is 44.6 Å². The predicted molar refractivity (Wildman–Crippen MR) is 129 cm³/mol. The third-order valence-electron chi connectivity index (χ3n) is 7.30. The third-order valence-corrected chi connectivity index (χ3v) is 7.30. The number of pyridine rings is 1. The molecule has 0 radical (unpaired) electrons. The summed E-state index contributed by atoms with van der Waals surface area (Å²) in [5, 5.41) is 0. The highest BCUT2D eigenvalue weighted by Gasteiger charge is 2.44. The molecule has 2 aliphatic rings. The van der Waals surface area contributed by atoms with E-state index in [0.717, 1.165) is 11.6 Å². The standard InChI is InChI=1S/C27H26F4N4O/c1-26(12-15-33(16-13-26)23-11-6-14-32-24(23)28)35-18-20-8-3-5-10-22(20)34(25(35)36)17-19-7-2-4-9-21(19)27(29,30)31/h2-11,14H,12-13,15-18H2,1H3. The van der Waals surface area contributed by atoms with Gasteiger partial charge in [0.1, 0.15) is 0 Å². The molecule has 0 aliphatic carbocycles. The highest BCUT2D eigenvalue weighted by molar-refractivity contribution is 5.95. The Labute approximate surface area is 207 Å². The lowest BCUT2D eigenvalue weighted by Gasteiger charge is -2.50. The molecule has 188 valence electrons. The van der Waals surface area contributed by atoms with Gasteiger partial charge in [0.25, 0.3) is 0 Å². The van der Waals surface area contributed by atoms with Crippen molar-refractivity contribution >= 4 is 17.4 Å². The molecule has 36 heavy (non-hydrogen) atoms. The van der Waals surface area contributed by atoms with Crippen molar-refractivity contribution in [1.29, 1.82) is 0 Å². The predicted octanol–water partition coefficient (Wildman–Crippen LogP) is 6.24. The zero-order chi connectivity index (χ0) is 25.5. The van der Waals surface area contributed by atoms with Gasteiger partial charge in [-0.05, 0) is 55.2 Å². The molecule has 3 heterocycles. The molecule has 0 spiro atoms. The fourth-order valence-corrected chi connectivity index (χ4v) is 5.19. The van der Waals surface area contributed by atoms with Crippen molar-refractivity contribution in [3.8, 4) is 0 Å². The van der Waals surface area contributed by atoms with Crippen molar-refractivity contribution in [2.75, 3.05) is 22.9 Å². The van der Waals surface area contributed by atoms with Gasteiger partial charge in [-0.1, -0.05) is 36.4 Å². The number of carbonyl (C=O) groups is 1. The van der Waals surface area contributed by atoms with Crippen LogP contribution in [0.3, 0.4) is 0 Å². The van der Waals surface area contributed by atoms with E-state index < -0.39 is 23.2 Å². The molecule has 5 rings (SSSR count). The second kappa shape index (κ2) is 9.11. The van der Waals surface area contributed by atoms with Crippen LogP contribution < -0.4 is 9.80 Å². The summed E-state index contributed by atoms with van der Waals surface area (Å²) in [4.78, 5) is 22.7. The first-order valence-corrected chi connectivity index (χ1v) is 11.8. The van der Waals surface area contributed by atoms with Gasteiger partial charge < -0.3 is 9.80 Å². The van der Waals surface area contributed by atoms with Crippen LogP contribution in [0.5, 0.6) is 0 Å². The number of nitrogens with zero attached hydrogens (tertiary/aromatic N) is 4. The van der Waals surface area contributed by atoms with Crippen LogP contribution in [0, 0.1) is 5.95 Å². The Morgan fingerprint density at radius 3 is 2.33 bits per heavy atom. The molecule has 2 aliphatic heterocycles. The number of halogens is 4. The Bertz CT molecular complexity index is 1270. The fraction of sp³-hybridized carbons (Fsp3) is 0.333. The molecule has 1 aromatic heterocycles. The lowest BCUT2D eigenvalue weighted by atomic mass is 9.86. The number of para-hydroxylation sites is 1. The van der Waals surface area contributed by atoms with E-state index in [4.69, 9.17) is 0 Å².